The molecule has 9 heteroatoms. The summed E-state index contributed by atoms with van der Waals surface area (Å²) in [6.45, 7) is 0.177. The number of amides is 2. The second-order valence-corrected chi connectivity index (χ2v) is 8.99. The van der Waals surface area contributed by atoms with Crippen LogP contribution in [-0.2, 0) is 17.8 Å². The zero-order valence-corrected chi connectivity index (χ0v) is 20.3. The molecule has 35 heavy (non-hydrogen) atoms. The number of nitrogens with zero attached hydrogens (tertiary/aromatic N) is 1. The molecule has 1 saturated heterocycles. The predicted octanol–water partition coefficient (Wildman–Crippen LogP) is 5.12. The Morgan fingerprint density at radius 2 is 1.83 bits per heavy atom. The van der Waals surface area contributed by atoms with Crippen molar-refractivity contribution >= 4 is 35.1 Å². The van der Waals surface area contributed by atoms with Crippen LogP contribution in [0.25, 0.3) is 12.2 Å². The van der Waals surface area contributed by atoms with Gasteiger partial charge < -0.3 is 18.6 Å². The lowest BCUT2D eigenvalue weighted by Gasteiger charge is -2.16. The zero-order chi connectivity index (χ0) is 24.6. The van der Waals surface area contributed by atoms with Gasteiger partial charge in [0.1, 0.15) is 18.6 Å². The van der Waals surface area contributed by atoms with Gasteiger partial charge in [-0.15, -0.1) is 0 Å². The van der Waals surface area contributed by atoms with Gasteiger partial charge in [-0.05, 0) is 48.6 Å². The normalized spacial score (nSPS) is 15.4. The van der Waals surface area contributed by atoms with Gasteiger partial charge in [-0.2, -0.15) is 0 Å². The number of benzene rings is 2. The Morgan fingerprint density at radius 3 is 2.49 bits per heavy atom. The summed E-state index contributed by atoms with van der Waals surface area (Å²) in [7, 11) is 3.14. The molecule has 2 amide bonds. The molecule has 1 aromatic heterocycles. The molecule has 0 saturated carbocycles. The second-order valence-electron chi connectivity index (χ2n) is 7.81. The highest BCUT2D eigenvalue weighted by Gasteiger charge is 2.30. The van der Waals surface area contributed by atoms with E-state index >= 15 is 0 Å². The first-order valence-electron chi connectivity index (χ1n) is 11.1. The van der Waals surface area contributed by atoms with Gasteiger partial charge in [0, 0.05) is 6.08 Å². The molecule has 2 heterocycles. The van der Waals surface area contributed by atoms with E-state index in [0.717, 1.165) is 29.3 Å². The van der Waals surface area contributed by atoms with Crippen molar-refractivity contribution in [1.29, 1.82) is 0 Å². The van der Waals surface area contributed by atoms with E-state index in [0.29, 0.717) is 41.7 Å². The molecule has 1 atom stereocenters. The second kappa shape index (κ2) is 11.6. The number of aromatic nitrogens is 1. The molecule has 1 N–H and O–H groups in total. The van der Waals surface area contributed by atoms with Crippen LogP contribution >= 0.6 is 11.8 Å². The molecule has 0 radical (unpaired) electrons. The first-order valence-corrected chi connectivity index (χ1v) is 12.0. The van der Waals surface area contributed by atoms with Crippen molar-refractivity contribution in [1.82, 2.24) is 10.3 Å². The number of nitrogens with one attached hydrogen (secondary N) is 1. The lowest BCUT2D eigenvalue weighted by atomic mass is 10.1. The smallest absolute Gasteiger partial charge is 0.286 e. The van der Waals surface area contributed by atoms with Crippen molar-refractivity contribution in [2.24, 2.45) is 0 Å². The molecule has 8 nitrogen and oxygen atoms in total. The van der Waals surface area contributed by atoms with E-state index in [9.17, 15) is 9.59 Å². The van der Waals surface area contributed by atoms with Gasteiger partial charge in [0.05, 0.1) is 19.5 Å². The quantitative estimate of drug-likeness (QED) is 0.392. The summed E-state index contributed by atoms with van der Waals surface area (Å²) in [5.41, 5.74) is 2.67. The molecule has 0 bridgehead atoms. The summed E-state index contributed by atoms with van der Waals surface area (Å²) < 4.78 is 22.6. The van der Waals surface area contributed by atoms with Crippen molar-refractivity contribution in [2.75, 3.05) is 14.2 Å². The lowest BCUT2D eigenvalue weighted by molar-refractivity contribution is -0.119. The Labute approximate surface area is 207 Å². The van der Waals surface area contributed by atoms with Gasteiger partial charge in [0.2, 0.25) is 17.5 Å². The fourth-order valence-corrected chi connectivity index (χ4v) is 4.51. The average molecular weight is 495 g/mol. The SMILES string of the molecule is COc1cc(CCCC2SC(=O)NC2=O)cc(OC)c1OCc1coc(/C=C/c2ccccc2)n1. The minimum Gasteiger partial charge on any atom is -0.493 e. The molecule has 0 spiro atoms. The van der Waals surface area contributed by atoms with Gasteiger partial charge in [-0.25, -0.2) is 4.98 Å². The number of carbonyl (C=O) groups excluding carboxylic acids is 2. The van der Waals surface area contributed by atoms with E-state index in [4.69, 9.17) is 18.6 Å². The molecule has 2 aromatic carbocycles. The molecule has 4 rings (SSSR count). The zero-order valence-electron chi connectivity index (χ0n) is 19.5. The van der Waals surface area contributed by atoms with Crippen molar-refractivity contribution < 1.29 is 28.2 Å². The topological polar surface area (TPSA) is 99.9 Å². The van der Waals surface area contributed by atoms with Crippen LogP contribution in [0.1, 0.15) is 35.6 Å². The van der Waals surface area contributed by atoms with Crippen LogP contribution in [0.3, 0.4) is 0 Å². The largest absolute Gasteiger partial charge is 0.493 e. The van der Waals surface area contributed by atoms with Crippen molar-refractivity contribution in [3.8, 4) is 17.2 Å². The van der Waals surface area contributed by atoms with Crippen LogP contribution in [0.2, 0.25) is 0 Å². The summed E-state index contributed by atoms with van der Waals surface area (Å²) in [5.74, 6) is 1.81. The third kappa shape index (κ3) is 6.45. The van der Waals surface area contributed by atoms with Gasteiger partial charge in [0.15, 0.2) is 11.5 Å². The number of ether oxygens (including phenoxy) is 3. The van der Waals surface area contributed by atoms with Crippen LogP contribution in [-0.4, -0.2) is 35.6 Å². The van der Waals surface area contributed by atoms with Crippen LogP contribution in [0.5, 0.6) is 17.2 Å². The average Bonchev–Trinajstić information content (AvgIpc) is 3.46. The Morgan fingerprint density at radius 1 is 1.09 bits per heavy atom. The Bertz CT molecular complexity index is 1180. The third-order valence-electron chi connectivity index (χ3n) is 5.37. The van der Waals surface area contributed by atoms with Gasteiger partial charge >= 0.3 is 0 Å². The van der Waals surface area contributed by atoms with Crippen molar-refractivity contribution in [3.63, 3.8) is 0 Å². The minimum atomic E-state index is -0.330. The maximum atomic E-state index is 11.7. The lowest BCUT2D eigenvalue weighted by Crippen LogP contribution is -2.24. The highest BCUT2D eigenvalue weighted by atomic mass is 32.2. The van der Waals surface area contributed by atoms with E-state index in [-0.39, 0.29) is 23.0 Å². The number of rotatable bonds is 11. The van der Waals surface area contributed by atoms with E-state index in [1.54, 1.807) is 26.6 Å². The summed E-state index contributed by atoms with van der Waals surface area (Å²) in [6, 6.07) is 13.7. The summed E-state index contributed by atoms with van der Waals surface area (Å²) >= 11 is 1.05. The fourth-order valence-electron chi connectivity index (χ4n) is 3.64. The minimum absolute atomic E-state index is 0.177. The molecule has 1 unspecified atom stereocenters. The number of aryl methyl sites for hydroxylation is 1. The maximum Gasteiger partial charge on any atom is 0.286 e. The predicted molar refractivity (Wildman–Crippen MR) is 134 cm³/mol. The monoisotopic (exact) mass is 494 g/mol. The molecule has 1 aliphatic rings. The molecule has 0 aliphatic carbocycles. The summed E-state index contributed by atoms with van der Waals surface area (Å²) in [6.07, 6.45) is 7.34. The molecule has 1 aliphatic heterocycles. The molecule has 182 valence electrons. The number of thioether (sulfide) groups is 1. The van der Waals surface area contributed by atoms with Crippen molar-refractivity contribution in [3.05, 3.63) is 71.4 Å². The van der Waals surface area contributed by atoms with E-state index < -0.39 is 0 Å². The summed E-state index contributed by atoms with van der Waals surface area (Å²) in [4.78, 5) is 27.5. The number of methoxy groups -OCH3 is 2. The van der Waals surface area contributed by atoms with Gasteiger partial charge in [-0.3, -0.25) is 14.9 Å². The van der Waals surface area contributed by atoms with E-state index in [2.05, 4.69) is 10.3 Å². The third-order valence-corrected chi connectivity index (χ3v) is 6.42. The summed E-state index contributed by atoms with van der Waals surface area (Å²) in [5, 5.41) is 1.70. The van der Waals surface area contributed by atoms with Crippen LogP contribution in [0.4, 0.5) is 4.79 Å². The van der Waals surface area contributed by atoms with Gasteiger partial charge in [-0.1, -0.05) is 42.1 Å². The highest BCUT2D eigenvalue weighted by Crippen LogP contribution is 2.39. The first kappa shape index (κ1) is 24.4. The van der Waals surface area contributed by atoms with Gasteiger partial charge in [0.25, 0.3) is 5.24 Å². The van der Waals surface area contributed by atoms with E-state index in [1.165, 1.54) is 0 Å². The fraction of sp³-hybridized carbons (Fsp3) is 0.269. The Kier molecular flexibility index (Phi) is 8.10. The molecular formula is C26H26N2O6S. The molecule has 1 fully saturated rings. The number of oxazole rings is 1. The number of hydrogen-bond acceptors (Lipinski definition) is 8. The molecule has 3 aromatic rings. The number of carbonyl (C=O) groups is 2. The van der Waals surface area contributed by atoms with Crippen molar-refractivity contribution in [2.45, 2.75) is 31.1 Å². The number of imide groups is 1. The Balaban J connectivity index is 1.37. The van der Waals surface area contributed by atoms with Crippen LogP contribution in [0.15, 0.2) is 53.1 Å². The first-order chi connectivity index (χ1) is 17.1. The molecular weight excluding hydrogens is 468 g/mol. The van der Waals surface area contributed by atoms with Crippen LogP contribution < -0.4 is 19.5 Å². The van der Waals surface area contributed by atoms with Crippen LogP contribution in [0, 0.1) is 0 Å². The number of hydrogen-bond donors (Lipinski definition) is 1. The maximum absolute atomic E-state index is 11.7. The van der Waals surface area contributed by atoms with E-state index in [1.807, 2.05) is 48.5 Å². The Hall–Kier alpha value is -3.72. The standard InChI is InChI=1S/C26H26N2O6S/c1-31-20-13-18(9-6-10-22-25(29)28-26(30)35-22)14-21(32-2)24(20)34-16-19-15-33-23(27-19)12-11-17-7-4-3-5-8-17/h3-5,7-8,11-15,22H,6,9-10,16H2,1-2H3,(H,28,29,30)/b12-11+. The highest BCUT2D eigenvalue weighted by molar-refractivity contribution is 8.15.